The van der Waals surface area contributed by atoms with Crippen molar-refractivity contribution in [1.82, 2.24) is 9.97 Å². The van der Waals surface area contributed by atoms with Gasteiger partial charge in [-0.05, 0) is 37.1 Å². The molecule has 0 spiro atoms. The van der Waals surface area contributed by atoms with E-state index in [1.165, 1.54) is 16.7 Å². The zero-order valence-electron chi connectivity index (χ0n) is 16.2. The van der Waals surface area contributed by atoms with Crippen LogP contribution in [-0.4, -0.2) is 24.2 Å². The monoisotopic (exact) mass is 391 g/mol. The minimum atomic E-state index is 0.689. The number of thiophene rings is 1. The molecule has 0 saturated carbocycles. The lowest BCUT2D eigenvalue weighted by Gasteiger charge is -2.13. The average molecular weight is 391 g/mol. The number of aryl methyl sites for hydroxylation is 2. The molecule has 0 aliphatic heterocycles. The number of aromatic nitrogens is 2. The SMILES string of the molecule is COc1ccc(Nc2ncnc3scc(-c4ccc(C)cc4C)c23)c(OC)c1. The van der Waals surface area contributed by atoms with Gasteiger partial charge in [0.05, 0.1) is 25.3 Å². The highest BCUT2D eigenvalue weighted by atomic mass is 32.1. The first-order valence-electron chi connectivity index (χ1n) is 8.89. The van der Waals surface area contributed by atoms with Crippen molar-refractivity contribution < 1.29 is 9.47 Å². The second-order valence-electron chi connectivity index (χ2n) is 6.56. The minimum Gasteiger partial charge on any atom is -0.497 e. The van der Waals surface area contributed by atoms with Gasteiger partial charge in [-0.25, -0.2) is 9.97 Å². The molecule has 5 nitrogen and oxygen atoms in total. The number of anilines is 2. The van der Waals surface area contributed by atoms with Gasteiger partial charge in [0.25, 0.3) is 0 Å². The Morgan fingerprint density at radius 3 is 2.54 bits per heavy atom. The van der Waals surface area contributed by atoms with Crippen LogP contribution < -0.4 is 14.8 Å². The van der Waals surface area contributed by atoms with Gasteiger partial charge in [-0.3, -0.25) is 0 Å². The predicted octanol–water partition coefficient (Wildman–Crippen LogP) is 5.74. The normalized spacial score (nSPS) is 10.9. The van der Waals surface area contributed by atoms with E-state index in [2.05, 4.69) is 52.7 Å². The Kier molecular flexibility index (Phi) is 4.88. The summed E-state index contributed by atoms with van der Waals surface area (Å²) in [6, 6.07) is 12.2. The fraction of sp³-hybridized carbons (Fsp3) is 0.182. The fourth-order valence-corrected chi connectivity index (χ4v) is 4.22. The highest BCUT2D eigenvalue weighted by molar-refractivity contribution is 7.17. The zero-order valence-corrected chi connectivity index (χ0v) is 17.1. The Balaban J connectivity index is 1.84. The van der Waals surface area contributed by atoms with Gasteiger partial charge in [0, 0.05) is 17.0 Å². The maximum absolute atomic E-state index is 5.52. The van der Waals surface area contributed by atoms with Crippen molar-refractivity contribution in [2.45, 2.75) is 13.8 Å². The molecule has 0 bridgehead atoms. The Morgan fingerprint density at radius 2 is 1.79 bits per heavy atom. The number of nitrogens with zero attached hydrogens (tertiary/aromatic N) is 2. The first-order chi connectivity index (χ1) is 13.6. The van der Waals surface area contributed by atoms with Crippen LogP contribution in [0.4, 0.5) is 11.5 Å². The molecule has 0 atom stereocenters. The second-order valence-corrected chi connectivity index (χ2v) is 7.42. The molecule has 28 heavy (non-hydrogen) atoms. The van der Waals surface area contributed by atoms with Crippen LogP contribution in [0.1, 0.15) is 11.1 Å². The maximum atomic E-state index is 5.52. The average Bonchev–Trinajstić information content (AvgIpc) is 3.13. The van der Waals surface area contributed by atoms with Gasteiger partial charge in [-0.1, -0.05) is 23.8 Å². The smallest absolute Gasteiger partial charge is 0.146 e. The minimum absolute atomic E-state index is 0.689. The van der Waals surface area contributed by atoms with Gasteiger partial charge in [0.15, 0.2) is 0 Å². The van der Waals surface area contributed by atoms with Crippen LogP contribution in [0.25, 0.3) is 21.3 Å². The number of benzene rings is 2. The molecule has 0 aliphatic rings. The van der Waals surface area contributed by atoms with E-state index in [-0.39, 0.29) is 0 Å². The second kappa shape index (κ2) is 7.48. The number of rotatable bonds is 5. The molecule has 0 unspecified atom stereocenters. The third-order valence-corrected chi connectivity index (χ3v) is 5.59. The summed E-state index contributed by atoms with van der Waals surface area (Å²) < 4.78 is 10.8. The molecule has 142 valence electrons. The van der Waals surface area contributed by atoms with Gasteiger partial charge in [-0.15, -0.1) is 11.3 Å². The van der Waals surface area contributed by atoms with E-state index in [1.807, 2.05) is 18.2 Å². The first-order valence-corrected chi connectivity index (χ1v) is 9.77. The molecule has 2 aromatic heterocycles. The van der Waals surface area contributed by atoms with Gasteiger partial charge < -0.3 is 14.8 Å². The molecule has 0 radical (unpaired) electrons. The highest BCUT2D eigenvalue weighted by Gasteiger charge is 2.16. The van der Waals surface area contributed by atoms with Crippen LogP contribution in [0.15, 0.2) is 48.1 Å². The van der Waals surface area contributed by atoms with Gasteiger partial charge >= 0.3 is 0 Å². The first kappa shape index (κ1) is 18.3. The van der Waals surface area contributed by atoms with Crippen LogP contribution in [0.3, 0.4) is 0 Å². The summed E-state index contributed by atoms with van der Waals surface area (Å²) in [6.45, 7) is 4.24. The molecule has 2 heterocycles. The summed E-state index contributed by atoms with van der Waals surface area (Å²) in [5, 5.41) is 6.58. The lowest BCUT2D eigenvalue weighted by molar-refractivity contribution is 0.395. The third-order valence-electron chi connectivity index (χ3n) is 4.70. The number of hydrogen-bond acceptors (Lipinski definition) is 6. The van der Waals surface area contributed by atoms with Gasteiger partial charge in [0.2, 0.25) is 0 Å². The number of fused-ring (bicyclic) bond motifs is 1. The molecule has 2 aromatic carbocycles. The quantitative estimate of drug-likeness (QED) is 0.470. The van der Waals surface area contributed by atoms with E-state index in [0.29, 0.717) is 5.75 Å². The van der Waals surface area contributed by atoms with Gasteiger partial charge in [0.1, 0.15) is 28.5 Å². The summed E-state index contributed by atoms with van der Waals surface area (Å²) in [6.07, 6.45) is 1.59. The van der Waals surface area contributed by atoms with Crippen molar-refractivity contribution in [3.8, 4) is 22.6 Å². The summed E-state index contributed by atoms with van der Waals surface area (Å²) in [7, 11) is 3.28. The molecule has 4 rings (SSSR count). The topological polar surface area (TPSA) is 56.3 Å². The van der Waals surface area contributed by atoms with E-state index in [9.17, 15) is 0 Å². The fourth-order valence-electron chi connectivity index (χ4n) is 3.31. The molecular formula is C22H21N3O2S. The lowest BCUT2D eigenvalue weighted by atomic mass is 9.99. The lowest BCUT2D eigenvalue weighted by Crippen LogP contribution is -1.99. The van der Waals surface area contributed by atoms with E-state index in [1.54, 1.807) is 31.9 Å². The zero-order chi connectivity index (χ0) is 19.7. The molecule has 0 saturated heterocycles. The van der Waals surface area contributed by atoms with Crippen molar-refractivity contribution in [3.63, 3.8) is 0 Å². The Hall–Kier alpha value is -3.12. The molecule has 0 amide bonds. The Labute approximate surface area is 168 Å². The van der Waals surface area contributed by atoms with E-state index < -0.39 is 0 Å². The number of methoxy groups -OCH3 is 2. The standard InChI is InChI=1S/C22H21N3O2S/c1-13-5-7-16(14(2)9-13)17-11-28-22-20(17)21(23-12-24-22)25-18-8-6-15(26-3)10-19(18)27-4/h5-12H,1-4H3,(H,23,24,25). The Bertz CT molecular complexity index is 1150. The predicted molar refractivity (Wildman–Crippen MR) is 115 cm³/mol. The van der Waals surface area contributed by atoms with E-state index in [4.69, 9.17) is 9.47 Å². The molecule has 0 fully saturated rings. The molecule has 6 heteroatoms. The van der Waals surface area contributed by atoms with Crippen LogP contribution >= 0.6 is 11.3 Å². The molecule has 0 aliphatic carbocycles. The van der Waals surface area contributed by atoms with Crippen molar-refractivity contribution in [1.29, 1.82) is 0 Å². The Morgan fingerprint density at radius 1 is 0.929 bits per heavy atom. The van der Waals surface area contributed by atoms with Crippen LogP contribution in [0.5, 0.6) is 11.5 Å². The molecular weight excluding hydrogens is 370 g/mol. The van der Waals surface area contributed by atoms with Crippen LogP contribution in [0, 0.1) is 13.8 Å². The highest BCUT2D eigenvalue weighted by Crippen LogP contribution is 2.40. The van der Waals surface area contributed by atoms with Crippen molar-refractivity contribution >= 4 is 33.1 Å². The van der Waals surface area contributed by atoms with Crippen LogP contribution in [-0.2, 0) is 0 Å². The van der Waals surface area contributed by atoms with E-state index in [0.717, 1.165) is 33.0 Å². The largest absolute Gasteiger partial charge is 0.497 e. The molecule has 4 aromatic rings. The summed E-state index contributed by atoms with van der Waals surface area (Å²) in [4.78, 5) is 9.93. The van der Waals surface area contributed by atoms with Crippen molar-refractivity contribution in [2.75, 3.05) is 19.5 Å². The number of ether oxygens (including phenoxy) is 2. The number of hydrogen-bond donors (Lipinski definition) is 1. The van der Waals surface area contributed by atoms with E-state index >= 15 is 0 Å². The van der Waals surface area contributed by atoms with Gasteiger partial charge in [-0.2, -0.15) is 0 Å². The van der Waals surface area contributed by atoms with Crippen LogP contribution in [0.2, 0.25) is 0 Å². The third kappa shape index (κ3) is 3.27. The maximum Gasteiger partial charge on any atom is 0.146 e. The number of nitrogens with one attached hydrogen (secondary N) is 1. The summed E-state index contributed by atoms with van der Waals surface area (Å²) in [5.41, 5.74) is 5.63. The van der Waals surface area contributed by atoms with Crippen molar-refractivity contribution in [3.05, 3.63) is 59.2 Å². The molecule has 1 N–H and O–H groups in total. The summed E-state index contributed by atoms with van der Waals surface area (Å²) >= 11 is 1.62. The summed E-state index contributed by atoms with van der Waals surface area (Å²) in [5.74, 6) is 2.18. The van der Waals surface area contributed by atoms with Crippen molar-refractivity contribution in [2.24, 2.45) is 0 Å².